The molecule has 0 amide bonds. The van der Waals surface area contributed by atoms with Gasteiger partial charge in [0, 0.05) is 0 Å². The summed E-state index contributed by atoms with van der Waals surface area (Å²) in [6.07, 6.45) is 9.07. The van der Waals surface area contributed by atoms with E-state index >= 15 is 0 Å². The lowest BCUT2D eigenvalue weighted by atomic mass is 9.86. The van der Waals surface area contributed by atoms with Crippen molar-refractivity contribution in [3.05, 3.63) is 133 Å². The molecule has 4 aromatic carbocycles. The SMILES string of the molecule is C1=C[C@H]2C[C@H]1C(CP(c1ccccc1)c1ccccc1)C2CP(c1ccccc1)c1ccccc1. The Balaban J connectivity index is 1.33. The van der Waals surface area contributed by atoms with Gasteiger partial charge in [0.2, 0.25) is 0 Å². The van der Waals surface area contributed by atoms with Gasteiger partial charge in [-0.2, -0.15) is 0 Å². The molecule has 4 aromatic rings. The van der Waals surface area contributed by atoms with E-state index in [0.29, 0.717) is 0 Å². The number of rotatable bonds is 8. The van der Waals surface area contributed by atoms with Gasteiger partial charge in [0.1, 0.15) is 0 Å². The Morgan fingerprint density at radius 2 is 0.714 bits per heavy atom. The number of benzene rings is 4. The molecule has 0 aliphatic heterocycles. The molecule has 2 unspecified atom stereocenters. The van der Waals surface area contributed by atoms with E-state index in [-0.39, 0.29) is 15.8 Å². The summed E-state index contributed by atoms with van der Waals surface area (Å²) in [7, 11) is -0.721. The minimum Gasteiger partial charge on any atom is -0.0848 e. The van der Waals surface area contributed by atoms with E-state index in [9.17, 15) is 0 Å². The molecule has 0 nitrogen and oxygen atoms in total. The molecule has 2 heteroatoms. The van der Waals surface area contributed by atoms with Gasteiger partial charge >= 0.3 is 0 Å². The van der Waals surface area contributed by atoms with Crippen molar-refractivity contribution < 1.29 is 0 Å². The van der Waals surface area contributed by atoms with Gasteiger partial charge in [-0.15, -0.1) is 0 Å². The van der Waals surface area contributed by atoms with Crippen molar-refractivity contribution >= 4 is 37.1 Å². The molecule has 2 bridgehead atoms. The van der Waals surface area contributed by atoms with Gasteiger partial charge in [0.25, 0.3) is 0 Å². The molecule has 2 aliphatic rings. The Morgan fingerprint density at radius 1 is 0.429 bits per heavy atom. The summed E-state index contributed by atoms with van der Waals surface area (Å²) in [5.41, 5.74) is 0. The van der Waals surface area contributed by atoms with Crippen LogP contribution < -0.4 is 21.2 Å². The van der Waals surface area contributed by atoms with Crippen LogP contribution in [0.3, 0.4) is 0 Å². The van der Waals surface area contributed by atoms with Crippen molar-refractivity contribution in [2.75, 3.05) is 12.3 Å². The number of allylic oxidation sites excluding steroid dienone is 2. The minimum absolute atomic E-state index is 0.360. The van der Waals surface area contributed by atoms with E-state index in [1.807, 2.05) is 0 Å². The summed E-state index contributed by atoms with van der Waals surface area (Å²) < 4.78 is 0. The number of fused-ring (bicyclic) bond motifs is 2. The van der Waals surface area contributed by atoms with Gasteiger partial charge in [-0.25, -0.2) is 0 Å². The predicted molar refractivity (Wildman–Crippen MR) is 156 cm³/mol. The van der Waals surface area contributed by atoms with Crippen LogP contribution in [0.4, 0.5) is 0 Å². The van der Waals surface area contributed by atoms with Gasteiger partial charge < -0.3 is 0 Å². The molecule has 0 saturated heterocycles. The highest BCUT2D eigenvalue weighted by molar-refractivity contribution is 7.73. The second kappa shape index (κ2) is 10.6. The average Bonchev–Trinajstić information content (AvgIpc) is 3.54. The summed E-state index contributed by atoms with van der Waals surface area (Å²) in [4.78, 5) is 0. The third-order valence-corrected chi connectivity index (χ3v) is 13.1. The number of hydrogen-bond acceptors (Lipinski definition) is 0. The van der Waals surface area contributed by atoms with Crippen molar-refractivity contribution in [3.63, 3.8) is 0 Å². The second-order valence-electron chi connectivity index (χ2n) is 9.84. The van der Waals surface area contributed by atoms with E-state index in [1.165, 1.54) is 40.0 Å². The van der Waals surface area contributed by atoms with Crippen LogP contribution in [0.15, 0.2) is 133 Å². The van der Waals surface area contributed by atoms with Gasteiger partial charge in [0.05, 0.1) is 0 Å². The molecule has 0 spiro atoms. The molecule has 0 heterocycles. The normalized spacial score (nSPS) is 22.8. The number of hydrogen-bond donors (Lipinski definition) is 0. The van der Waals surface area contributed by atoms with Crippen LogP contribution in [0.5, 0.6) is 0 Å². The maximum Gasteiger partial charge on any atom is -0.0193 e. The second-order valence-corrected chi connectivity index (χ2v) is 14.3. The maximum absolute atomic E-state index is 2.56. The molecule has 0 radical (unpaired) electrons. The first-order valence-corrected chi connectivity index (χ1v) is 15.9. The summed E-state index contributed by atoms with van der Waals surface area (Å²) in [6, 6.07) is 45.2. The third-order valence-electron chi connectivity index (χ3n) is 7.86. The fraction of sp³-hybridized carbons (Fsp3) is 0.212. The standard InChI is InChI=1S/C33H32P2/c1-5-13-28(14-6-1)34(29-15-7-2-8-16-29)24-32-26-21-22-27(23-26)33(32)25-35(30-17-9-3-10-18-30)31-19-11-4-12-20-31/h1-22,26-27,32-33H,23-25H2/t26-,27-,32?,33?/m0/s1. The topological polar surface area (TPSA) is 0 Å². The van der Waals surface area contributed by atoms with Crippen molar-refractivity contribution in [1.82, 2.24) is 0 Å². The van der Waals surface area contributed by atoms with E-state index in [0.717, 1.165) is 23.7 Å². The Kier molecular flexibility index (Phi) is 6.95. The molecular weight excluding hydrogens is 458 g/mol. The van der Waals surface area contributed by atoms with E-state index in [2.05, 4.69) is 133 Å². The largest absolute Gasteiger partial charge is 0.0848 e. The lowest BCUT2D eigenvalue weighted by molar-refractivity contribution is 0.375. The molecule has 4 atom stereocenters. The van der Waals surface area contributed by atoms with Gasteiger partial charge in [-0.05, 0) is 79.5 Å². The molecule has 1 fully saturated rings. The molecule has 35 heavy (non-hydrogen) atoms. The van der Waals surface area contributed by atoms with Gasteiger partial charge in [0.15, 0.2) is 0 Å². The summed E-state index contributed by atoms with van der Waals surface area (Å²) in [6.45, 7) is 0. The molecule has 2 aliphatic carbocycles. The summed E-state index contributed by atoms with van der Waals surface area (Å²) in [5.74, 6) is 3.00. The molecule has 6 rings (SSSR count). The third kappa shape index (κ3) is 4.93. The molecule has 1 saturated carbocycles. The van der Waals surface area contributed by atoms with Crippen LogP contribution in [-0.2, 0) is 0 Å². The molecule has 0 N–H and O–H groups in total. The Bertz CT molecular complexity index is 1060. The Morgan fingerprint density at radius 3 is 1.00 bits per heavy atom. The Labute approximate surface area is 212 Å². The highest BCUT2D eigenvalue weighted by atomic mass is 31.1. The van der Waals surface area contributed by atoms with Gasteiger partial charge in [-0.3, -0.25) is 0 Å². The van der Waals surface area contributed by atoms with Crippen molar-refractivity contribution in [3.8, 4) is 0 Å². The highest BCUT2D eigenvalue weighted by Crippen LogP contribution is 2.55. The summed E-state index contributed by atoms with van der Waals surface area (Å²) in [5, 5.41) is 6.08. The fourth-order valence-corrected chi connectivity index (χ4v) is 11.6. The monoisotopic (exact) mass is 490 g/mol. The van der Waals surface area contributed by atoms with Crippen LogP contribution in [0.1, 0.15) is 6.42 Å². The smallest absolute Gasteiger partial charge is 0.0193 e. The quantitative estimate of drug-likeness (QED) is 0.191. The van der Waals surface area contributed by atoms with Crippen molar-refractivity contribution in [1.29, 1.82) is 0 Å². The molecule has 0 aromatic heterocycles. The Hall–Kier alpha value is -2.52. The van der Waals surface area contributed by atoms with Crippen LogP contribution in [0, 0.1) is 23.7 Å². The minimum atomic E-state index is -0.360. The zero-order valence-corrected chi connectivity index (χ0v) is 21.8. The van der Waals surface area contributed by atoms with Crippen LogP contribution in [0.25, 0.3) is 0 Å². The lowest BCUT2D eigenvalue weighted by Crippen LogP contribution is -2.30. The first-order valence-electron chi connectivity index (χ1n) is 12.8. The molecular formula is C33H32P2. The summed E-state index contributed by atoms with van der Waals surface area (Å²) >= 11 is 0. The van der Waals surface area contributed by atoms with Crippen LogP contribution in [-0.4, -0.2) is 12.3 Å². The molecule has 174 valence electrons. The van der Waals surface area contributed by atoms with E-state index < -0.39 is 0 Å². The van der Waals surface area contributed by atoms with Crippen LogP contribution in [0.2, 0.25) is 0 Å². The average molecular weight is 491 g/mol. The van der Waals surface area contributed by atoms with Gasteiger partial charge in [-0.1, -0.05) is 133 Å². The zero-order valence-electron chi connectivity index (χ0n) is 20.0. The van der Waals surface area contributed by atoms with Crippen LogP contribution >= 0.6 is 15.8 Å². The predicted octanol–water partition coefficient (Wildman–Crippen LogP) is 6.69. The van der Waals surface area contributed by atoms with E-state index in [1.54, 1.807) is 0 Å². The lowest BCUT2D eigenvalue weighted by Gasteiger charge is -2.34. The van der Waals surface area contributed by atoms with E-state index in [4.69, 9.17) is 0 Å². The van der Waals surface area contributed by atoms with Crippen molar-refractivity contribution in [2.45, 2.75) is 6.42 Å². The fourth-order valence-electron chi connectivity index (χ4n) is 6.14. The zero-order chi connectivity index (χ0) is 23.5. The highest BCUT2D eigenvalue weighted by Gasteiger charge is 2.46. The first-order chi connectivity index (χ1) is 17.4. The first kappa shape index (κ1) is 22.9. The maximum atomic E-state index is 2.56. The van der Waals surface area contributed by atoms with Crippen molar-refractivity contribution in [2.24, 2.45) is 23.7 Å².